The Bertz CT molecular complexity index is 880. The van der Waals surface area contributed by atoms with Gasteiger partial charge in [-0.15, -0.1) is 10.2 Å². The van der Waals surface area contributed by atoms with Gasteiger partial charge in [0, 0.05) is 44.0 Å². The van der Waals surface area contributed by atoms with Crippen LogP contribution in [0.1, 0.15) is 17.1 Å². The van der Waals surface area contributed by atoms with E-state index < -0.39 is 0 Å². The molecule has 130 valence electrons. The summed E-state index contributed by atoms with van der Waals surface area (Å²) in [6.07, 6.45) is 2.09. The number of hydrogen-bond acceptors (Lipinski definition) is 5. The maximum atomic E-state index is 5.22. The van der Waals surface area contributed by atoms with Crippen LogP contribution in [0.5, 0.6) is 5.75 Å². The molecule has 1 aliphatic rings. The van der Waals surface area contributed by atoms with E-state index in [2.05, 4.69) is 37.9 Å². The highest BCUT2D eigenvalue weighted by Gasteiger charge is 2.22. The number of nitrogens with zero attached hydrogens (tertiary/aromatic N) is 6. The molecule has 0 saturated carbocycles. The second-order valence-corrected chi connectivity index (χ2v) is 6.44. The molecule has 0 N–H and O–H groups in total. The Labute approximate surface area is 146 Å². The topological polar surface area (TPSA) is 61.0 Å². The first kappa shape index (κ1) is 15.8. The van der Waals surface area contributed by atoms with Crippen molar-refractivity contribution in [2.75, 3.05) is 13.7 Å². The monoisotopic (exact) mass is 338 g/mol. The predicted octanol–water partition coefficient (Wildman–Crippen LogP) is 2.01. The fourth-order valence-electron chi connectivity index (χ4n) is 3.34. The molecule has 2 aromatic heterocycles. The number of rotatable bonds is 4. The molecular weight excluding hydrogens is 316 g/mol. The Morgan fingerprint density at radius 2 is 1.92 bits per heavy atom. The number of aryl methyl sites for hydroxylation is 2. The highest BCUT2D eigenvalue weighted by Crippen LogP contribution is 2.24. The molecule has 0 unspecified atom stereocenters. The number of aromatic nitrogens is 5. The van der Waals surface area contributed by atoms with E-state index in [4.69, 9.17) is 4.74 Å². The van der Waals surface area contributed by atoms with Crippen LogP contribution in [-0.2, 0) is 26.7 Å². The minimum absolute atomic E-state index is 0.803. The summed E-state index contributed by atoms with van der Waals surface area (Å²) in [4.78, 5) is 2.39. The van der Waals surface area contributed by atoms with Gasteiger partial charge in [-0.1, -0.05) is 0 Å². The van der Waals surface area contributed by atoms with E-state index in [1.807, 2.05) is 36.0 Å². The molecule has 0 aliphatic carbocycles. The molecule has 3 aromatic rings. The van der Waals surface area contributed by atoms with E-state index >= 15 is 0 Å². The minimum Gasteiger partial charge on any atom is -0.497 e. The van der Waals surface area contributed by atoms with Crippen LogP contribution >= 0.6 is 0 Å². The molecule has 0 radical (unpaired) electrons. The van der Waals surface area contributed by atoms with E-state index in [-0.39, 0.29) is 0 Å². The highest BCUT2D eigenvalue weighted by atomic mass is 16.5. The number of ether oxygens (including phenoxy) is 1. The lowest BCUT2D eigenvalue weighted by Crippen LogP contribution is -2.33. The fraction of sp³-hybridized carbons (Fsp3) is 0.389. The molecule has 1 aromatic carbocycles. The third-order valence-electron chi connectivity index (χ3n) is 4.69. The molecule has 7 nitrogen and oxygen atoms in total. The van der Waals surface area contributed by atoms with E-state index in [0.717, 1.165) is 54.8 Å². The summed E-state index contributed by atoms with van der Waals surface area (Å²) >= 11 is 0. The first-order valence-electron chi connectivity index (χ1n) is 8.42. The number of methoxy groups -OCH3 is 1. The summed E-state index contributed by atoms with van der Waals surface area (Å²) < 4.78 is 9.32. The number of fused-ring (bicyclic) bond motifs is 1. The van der Waals surface area contributed by atoms with Gasteiger partial charge >= 0.3 is 0 Å². The molecule has 1 aliphatic heterocycles. The fourth-order valence-corrected chi connectivity index (χ4v) is 3.34. The molecule has 0 spiro atoms. The Morgan fingerprint density at radius 3 is 2.60 bits per heavy atom. The van der Waals surface area contributed by atoms with E-state index in [1.165, 1.54) is 5.56 Å². The Hall–Kier alpha value is -2.67. The average Bonchev–Trinajstić information content (AvgIpc) is 3.17. The van der Waals surface area contributed by atoms with Crippen molar-refractivity contribution in [1.29, 1.82) is 0 Å². The van der Waals surface area contributed by atoms with Crippen molar-refractivity contribution in [3.8, 4) is 17.1 Å². The van der Waals surface area contributed by atoms with E-state index in [1.54, 1.807) is 7.11 Å². The Kier molecular flexibility index (Phi) is 4.01. The maximum Gasteiger partial charge on any atom is 0.164 e. The minimum atomic E-state index is 0.803. The summed E-state index contributed by atoms with van der Waals surface area (Å²) in [7, 11) is 3.64. The molecule has 25 heavy (non-hydrogen) atoms. The van der Waals surface area contributed by atoms with Gasteiger partial charge in [0.15, 0.2) is 5.82 Å². The highest BCUT2D eigenvalue weighted by molar-refractivity contribution is 5.56. The lowest BCUT2D eigenvalue weighted by Gasteiger charge is -2.27. The van der Waals surface area contributed by atoms with Crippen LogP contribution in [0.15, 0.2) is 30.5 Å². The van der Waals surface area contributed by atoms with Gasteiger partial charge in [0.2, 0.25) is 0 Å². The second-order valence-electron chi connectivity index (χ2n) is 6.44. The van der Waals surface area contributed by atoms with Crippen molar-refractivity contribution in [1.82, 2.24) is 29.4 Å². The van der Waals surface area contributed by atoms with E-state index in [0.29, 0.717) is 0 Å². The van der Waals surface area contributed by atoms with Crippen LogP contribution < -0.4 is 4.74 Å². The lowest BCUT2D eigenvalue weighted by molar-refractivity contribution is 0.209. The normalized spacial score (nSPS) is 14.5. The van der Waals surface area contributed by atoms with Crippen molar-refractivity contribution in [2.45, 2.75) is 26.6 Å². The SMILES string of the molecule is COc1ccc(-c2nnc3n2CCN(Cc2cn(C)nc2C)C3)cc1. The van der Waals surface area contributed by atoms with Gasteiger partial charge in [0.1, 0.15) is 11.6 Å². The maximum absolute atomic E-state index is 5.22. The van der Waals surface area contributed by atoms with Crippen LogP contribution in [0.4, 0.5) is 0 Å². The van der Waals surface area contributed by atoms with Crippen molar-refractivity contribution in [2.24, 2.45) is 7.05 Å². The van der Waals surface area contributed by atoms with Crippen LogP contribution in [0.2, 0.25) is 0 Å². The Morgan fingerprint density at radius 1 is 1.12 bits per heavy atom. The van der Waals surface area contributed by atoms with Crippen LogP contribution in [-0.4, -0.2) is 43.1 Å². The first-order valence-corrected chi connectivity index (χ1v) is 8.42. The zero-order valence-electron chi connectivity index (χ0n) is 14.8. The molecule has 0 saturated heterocycles. The summed E-state index contributed by atoms with van der Waals surface area (Å²) in [6.45, 7) is 5.62. The molecule has 0 amide bonds. The van der Waals surface area contributed by atoms with Gasteiger partial charge in [0.05, 0.1) is 19.3 Å². The van der Waals surface area contributed by atoms with Gasteiger partial charge in [-0.3, -0.25) is 9.58 Å². The quantitative estimate of drug-likeness (QED) is 0.728. The second kappa shape index (κ2) is 6.33. The molecule has 0 atom stereocenters. The van der Waals surface area contributed by atoms with Crippen LogP contribution in [0, 0.1) is 6.92 Å². The zero-order valence-corrected chi connectivity index (χ0v) is 14.8. The molecule has 0 bridgehead atoms. The first-order chi connectivity index (χ1) is 12.1. The van der Waals surface area contributed by atoms with Crippen LogP contribution in [0.25, 0.3) is 11.4 Å². The van der Waals surface area contributed by atoms with E-state index in [9.17, 15) is 0 Å². The third kappa shape index (κ3) is 3.02. The lowest BCUT2D eigenvalue weighted by atomic mass is 10.2. The molecule has 3 heterocycles. The summed E-state index contributed by atoms with van der Waals surface area (Å²) in [5.74, 6) is 2.79. The largest absolute Gasteiger partial charge is 0.497 e. The van der Waals surface area contributed by atoms with Crippen molar-refractivity contribution >= 4 is 0 Å². The summed E-state index contributed by atoms with van der Waals surface area (Å²) in [5, 5.41) is 13.3. The van der Waals surface area contributed by atoms with Gasteiger partial charge in [-0.05, 0) is 31.2 Å². The third-order valence-corrected chi connectivity index (χ3v) is 4.69. The smallest absolute Gasteiger partial charge is 0.164 e. The molecular formula is C18H22N6O. The van der Waals surface area contributed by atoms with Gasteiger partial charge in [-0.2, -0.15) is 5.10 Å². The average molecular weight is 338 g/mol. The molecule has 7 heteroatoms. The van der Waals surface area contributed by atoms with Gasteiger partial charge < -0.3 is 9.30 Å². The van der Waals surface area contributed by atoms with Crippen molar-refractivity contribution in [3.63, 3.8) is 0 Å². The summed E-state index contributed by atoms with van der Waals surface area (Å²) in [5.41, 5.74) is 3.43. The number of benzene rings is 1. The van der Waals surface area contributed by atoms with Gasteiger partial charge in [-0.25, -0.2) is 0 Å². The van der Waals surface area contributed by atoms with Crippen LogP contribution in [0.3, 0.4) is 0 Å². The summed E-state index contributed by atoms with van der Waals surface area (Å²) in [6, 6.07) is 7.97. The molecule has 0 fully saturated rings. The Balaban J connectivity index is 1.53. The predicted molar refractivity (Wildman–Crippen MR) is 94.1 cm³/mol. The zero-order chi connectivity index (χ0) is 17.4. The standard InChI is InChI=1S/C18H22N6O/c1-13-15(10-22(2)21-13)11-23-8-9-24-17(12-23)19-20-18(24)14-4-6-16(25-3)7-5-14/h4-7,10H,8-9,11-12H2,1-3H3. The van der Waals surface area contributed by atoms with Crippen molar-refractivity contribution < 1.29 is 4.74 Å². The number of hydrogen-bond donors (Lipinski definition) is 0. The molecule has 4 rings (SSSR count). The van der Waals surface area contributed by atoms with Gasteiger partial charge in [0.25, 0.3) is 0 Å². The van der Waals surface area contributed by atoms with Crippen molar-refractivity contribution in [3.05, 3.63) is 47.5 Å².